The van der Waals surface area contributed by atoms with Gasteiger partial charge < -0.3 is 10.8 Å². The molecule has 0 aliphatic heterocycles. The average molecular weight is 253 g/mol. The predicted octanol–water partition coefficient (Wildman–Crippen LogP) is -0.136. The van der Waals surface area contributed by atoms with Crippen molar-refractivity contribution in [2.24, 2.45) is 11.7 Å². The van der Waals surface area contributed by atoms with Crippen molar-refractivity contribution in [3.63, 3.8) is 0 Å². The first-order valence-electron chi connectivity index (χ1n) is 5.02. The normalized spacial score (nSPS) is 21.3. The summed E-state index contributed by atoms with van der Waals surface area (Å²) in [5.74, 6) is 1.81. The Morgan fingerprint density at radius 1 is 1.53 bits per heavy atom. The van der Waals surface area contributed by atoms with E-state index in [0.717, 1.165) is 12.8 Å². The largest absolute Gasteiger partial charge is 0.394 e. The summed E-state index contributed by atoms with van der Waals surface area (Å²) < 4.78 is 21.8. The SMILES string of the molecule is CS(=O)(=O)CCSCC(N)(CO)C1CC1. The van der Waals surface area contributed by atoms with Crippen molar-refractivity contribution in [2.75, 3.05) is 30.1 Å². The highest BCUT2D eigenvalue weighted by molar-refractivity contribution is 8.00. The van der Waals surface area contributed by atoms with E-state index in [9.17, 15) is 13.5 Å². The summed E-state index contributed by atoms with van der Waals surface area (Å²) in [6.45, 7) is -0.0104. The third kappa shape index (κ3) is 4.72. The predicted molar refractivity (Wildman–Crippen MR) is 63.8 cm³/mol. The highest BCUT2D eigenvalue weighted by Crippen LogP contribution is 2.39. The van der Waals surface area contributed by atoms with Crippen molar-refractivity contribution in [3.05, 3.63) is 0 Å². The Bertz CT molecular complexity index is 300. The van der Waals surface area contributed by atoms with Crippen LogP contribution in [-0.4, -0.2) is 49.2 Å². The van der Waals surface area contributed by atoms with Crippen LogP contribution >= 0.6 is 11.8 Å². The first kappa shape index (κ1) is 13.3. The van der Waals surface area contributed by atoms with Crippen molar-refractivity contribution in [3.8, 4) is 0 Å². The van der Waals surface area contributed by atoms with Crippen LogP contribution in [0.5, 0.6) is 0 Å². The topological polar surface area (TPSA) is 80.4 Å². The van der Waals surface area contributed by atoms with Crippen LogP contribution in [0.15, 0.2) is 0 Å². The van der Waals surface area contributed by atoms with Crippen molar-refractivity contribution >= 4 is 21.6 Å². The first-order chi connectivity index (χ1) is 6.87. The molecule has 1 aliphatic carbocycles. The van der Waals surface area contributed by atoms with Gasteiger partial charge in [0.2, 0.25) is 0 Å². The summed E-state index contributed by atoms with van der Waals surface area (Å²) >= 11 is 1.52. The summed E-state index contributed by atoms with van der Waals surface area (Å²) in [7, 11) is -2.88. The Morgan fingerprint density at radius 3 is 2.53 bits per heavy atom. The summed E-state index contributed by atoms with van der Waals surface area (Å²) in [5, 5.41) is 9.20. The van der Waals surface area contributed by atoms with Gasteiger partial charge in [-0.25, -0.2) is 8.42 Å². The lowest BCUT2D eigenvalue weighted by Gasteiger charge is -2.26. The van der Waals surface area contributed by atoms with E-state index in [-0.39, 0.29) is 12.4 Å². The van der Waals surface area contributed by atoms with E-state index in [2.05, 4.69) is 0 Å². The van der Waals surface area contributed by atoms with E-state index >= 15 is 0 Å². The molecular weight excluding hydrogens is 234 g/mol. The van der Waals surface area contributed by atoms with Gasteiger partial charge in [0.15, 0.2) is 0 Å². The van der Waals surface area contributed by atoms with Crippen molar-refractivity contribution in [1.82, 2.24) is 0 Å². The van der Waals surface area contributed by atoms with Crippen LogP contribution in [0.25, 0.3) is 0 Å². The molecule has 1 saturated carbocycles. The van der Waals surface area contributed by atoms with Gasteiger partial charge in [0.25, 0.3) is 0 Å². The highest BCUT2D eigenvalue weighted by Gasteiger charge is 2.41. The molecule has 0 spiro atoms. The van der Waals surface area contributed by atoms with Gasteiger partial charge in [-0.15, -0.1) is 0 Å². The number of thioether (sulfide) groups is 1. The van der Waals surface area contributed by atoms with E-state index in [0.29, 0.717) is 17.4 Å². The molecule has 4 nitrogen and oxygen atoms in total. The number of nitrogens with two attached hydrogens (primary N) is 1. The summed E-state index contributed by atoms with van der Waals surface area (Å²) in [5.41, 5.74) is 5.53. The molecule has 0 amide bonds. The molecule has 0 aromatic carbocycles. The summed E-state index contributed by atoms with van der Waals surface area (Å²) in [6.07, 6.45) is 3.41. The number of aliphatic hydroxyl groups is 1. The molecule has 1 atom stereocenters. The fourth-order valence-electron chi connectivity index (χ4n) is 1.42. The van der Waals surface area contributed by atoms with Crippen molar-refractivity contribution in [2.45, 2.75) is 18.4 Å². The maximum Gasteiger partial charge on any atom is 0.148 e. The standard InChI is InChI=1S/C9H19NO3S2/c1-15(12,13)5-4-14-7-9(10,6-11)8-2-3-8/h8,11H,2-7,10H2,1H3. The lowest BCUT2D eigenvalue weighted by atomic mass is 9.99. The molecule has 1 fully saturated rings. The maximum atomic E-state index is 10.9. The smallest absolute Gasteiger partial charge is 0.148 e. The Labute approximate surface area is 95.5 Å². The number of rotatable bonds is 7. The summed E-state index contributed by atoms with van der Waals surface area (Å²) in [4.78, 5) is 0. The number of aliphatic hydroxyl groups excluding tert-OH is 1. The van der Waals surface area contributed by atoms with Crippen LogP contribution in [0.3, 0.4) is 0 Å². The Hall–Kier alpha value is 0.220. The lowest BCUT2D eigenvalue weighted by Crippen LogP contribution is -2.48. The van der Waals surface area contributed by atoms with Gasteiger partial charge in [-0.05, 0) is 18.8 Å². The van der Waals surface area contributed by atoms with Gasteiger partial charge in [-0.1, -0.05) is 0 Å². The fourth-order valence-corrected chi connectivity index (χ4v) is 3.96. The second kappa shape index (κ2) is 5.03. The minimum atomic E-state index is -2.88. The van der Waals surface area contributed by atoms with Crippen LogP contribution in [0.1, 0.15) is 12.8 Å². The van der Waals surface area contributed by atoms with Crippen LogP contribution in [-0.2, 0) is 9.84 Å². The second-order valence-electron chi connectivity index (χ2n) is 4.35. The molecule has 0 saturated heterocycles. The summed E-state index contributed by atoms with van der Waals surface area (Å²) in [6, 6.07) is 0. The van der Waals surface area contributed by atoms with E-state index < -0.39 is 15.4 Å². The number of sulfone groups is 1. The minimum Gasteiger partial charge on any atom is -0.394 e. The van der Waals surface area contributed by atoms with E-state index in [1.54, 1.807) is 0 Å². The molecule has 0 aromatic rings. The molecule has 0 aromatic heterocycles. The maximum absolute atomic E-state index is 10.9. The van der Waals surface area contributed by atoms with Gasteiger partial charge in [0.05, 0.1) is 17.9 Å². The zero-order chi connectivity index (χ0) is 11.5. The van der Waals surface area contributed by atoms with Crippen molar-refractivity contribution < 1.29 is 13.5 Å². The Morgan fingerprint density at radius 2 is 2.13 bits per heavy atom. The highest BCUT2D eigenvalue weighted by atomic mass is 32.2. The molecule has 6 heteroatoms. The van der Waals surface area contributed by atoms with Gasteiger partial charge in [0.1, 0.15) is 9.84 Å². The fraction of sp³-hybridized carbons (Fsp3) is 1.00. The van der Waals surface area contributed by atoms with E-state index in [1.165, 1.54) is 18.0 Å². The zero-order valence-electron chi connectivity index (χ0n) is 8.98. The molecule has 0 heterocycles. The van der Waals surface area contributed by atoms with Gasteiger partial charge in [0, 0.05) is 17.8 Å². The molecule has 0 radical (unpaired) electrons. The third-order valence-corrected chi connectivity index (χ3v) is 5.09. The molecule has 1 unspecified atom stereocenters. The van der Waals surface area contributed by atoms with Gasteiger partial charge in [-0.3, -0.25) is 0 Å². The minimum absolute atomic E-state index is 0.0104. The third-order valence-electron chi connectivity index (χ3n) is 2.65. The van der Waals surface area contributed by atoms with Crippen molar-refractivity contribution in [1.29, 1.82) is 0 Å². The van der Waals surface area contributed by atoms with Crippen LogP contribution in [0, 0.1) is 5.92 Å². The van der Waals surface area contributed by atoms with E-state index in [4.69, 9.17) is 5.73 Å². The number of hydrogen-bond acceptors (Lipinski definition) is 5. The Balaban J connectivity index is 2.23. The molecule has 90 valence electrons. The van der Waals surface area contributed by atoms with Crippen LogP contribution in [0.4, 0.5) is 0 Å². The first-order valence-corrected chi connectivity index (χ1v) is 8.24. The molecule has 3 N–H and O–H groups in total. The Kier molecular flexibility index (Phi) is 4.46. The zero-order valence-corrected chi connectivity index (χ0v) is 10.6. The van der Waals surface area contributed by atoms with E-state index in [1.807, 2.05) is 0 Å². The van der Waals surface area contributed by atoms with Crippen LogP contribution in [0.2, 0.25) is 0 Å². The lowest BCUT2D eigenvalue weighted by molar-refractivity contribution is 0.194. The average Bonchev–Trinajstić information content (AvgIpc) is 2.93. The molecule has 1 rings (SSSR count). The molecule has 1 aliphatic rings. The van der Waals surface area contributed by atoms with Gasteiger partial charge >= 0.3 is 0 Å². The molecule has 0 bridgehead atoms. The van der Waals surface area contributed by atoms with Gasteiger partial charge in [-0.2, -0.15) is 11.8 Å². The number of hydrogen-bond donors (Lipinski definition) is 2. The monoisotopic (exact) mass is 253 g/mol. The quantitative estimate of drug-likeness (QED) is 0.618. The second-order valence-corrected chi connectivity index (χ2v) is 7.71. The molecular formula is C9H19NO3S2. The molecule has 15 heavy (non-hydrogen) atoms. The van der Waals surface area contributed by atoms with Crippen LogP contribution < -0.4 is 5.73 Å².